The Morgan fingerprint density at radius 1 is 0.281 bits per heavy atom. The third kappa shape index (κ3) is 5.46. The summed E-state index contributed by atoms with van der Waals surface area (Å²) in [5, 5.41) is 7.57. The first-order valence-electron chi connectivity index (χ1n) is 19.6. The molecule has 3 heteroatoms. The second kappa shape index (κ2) is 12.9. The van der Waals surface area contributed by atoms with Crippen LogP contribution in [0, 0.1) is 0 Å². The van der Waals surface area contributed by atoms with Crippen molar-refractivity contribution in [1.29, 1.82) is 0 Å². The standard InChI is InChI=1S/C54H37N3/c1-54(2)49-20-12-11-19-45(49)46-30-27-40(33-50(46)54)39-26-28-43-41-17-9-10-18-42(41)47-31-38(25-29-44(47)48(43)32-39)34-21-23-37(24-22-34)53-56-51(35-13-5-3-6-14-35)55-52(57-53)36-15-7-4-8-16-36/h3-33H,1-2H3. The predicted octanol–water partition coefficient (Wildman–Crippen LogP) is 14.0. The molecule has 0 amide bonds. The second-order valence-electron chi connectivity index (χ2n) is 15.6. The van der Waals surface area contributed by atoms with Crippen molar-refractivity contribution in [2.75, 3.05) is 0 Å². The average molecular weight is 728 g/mol. The van der Waals surface area contributed by atoms with Gasteiger partial charge in [0.05, 0.1) is 0 Å². The van der Waals surface area contributed by atoms with E-state index in [4.69, 9.17) is 15.0 Å². The van der Waals surface area contributed by atoms with Crippen molar-refractivity contribution in [1.82, 2.24) is 15.0 Å². The Kier molecular flexibility index (Phi) is 7.52. The van der Waals surface area contributed by atoms with Gasteiger partial charge in [-0.15, -0.1) is 0 Å². The lowest BCUT2D eigenvalue weighted by Gasteiger charge is -2.22. The normalized spacial score (nSPS) is 12.9. The van der Waals surface area contributed by atoms with Crippen molar-refractivity contribution >= 4 is 32.3 Å². The summed E-state index contributed by atoms with van der Waals surface area (Å²) in [6.45, 7) is 4.70. The second-order valence-corrected chi connectivity index (χ2v) is 15.6. The minimum Gasteiger partial charge on any atom is -0.208 e. The van der Waals surface area contributed by atoms with Crippen LogP contribution < -0.4 is 0 Å². The van der Waals surface area contributed by atoms with E-state index in [1.165, 1.54) is 71.3 Å². The Bertz CT molecular complexity index is 3130. The maximum absolute atomic E-state index is 4.95. The van der Waals surface area contributed by atoms with Crippen LogP contribution in [0.25, 0.3) is 99.9 Å². The van der Waals surface area contributed by atoms with Gasteiger partial charge in [-0.05, 0) is 95.0 Å². The first-order valence-corrected chi connectivity index (χ1v) is 19.6. The lowest BCUT2D eigenvalue weighted by molar-refractivity contribution is 0.660. The molecule has 0 fully saturated rings. The zero-order valence-corrected chi connectivity index (χ0v) is 31.7. The first-order chi connectivity index (χ1) is 28.0. The zero-order chi connectivity index (χ0) is 38.1. The molecule has 1 aromatic heterocycles. The minimum absolute atomic E-state index is 0.0438. The molecule has 11 rings (SSSR count). The summed E-state index contributed by atoms with van der Waals surface area (Å²) in [7, 11) is 0. The molecular weight excluding hydrogens is 691 g/mol. The van der Waals surface area contributed by atoms with Gasteiger partial charge < -0.3 is 0 Å². The van der Waals surface area contributed by atoms with E-state index in [2.05, 4.69) is 141 Å². The van der Waals surface area contributed by atoms with E-state index in [-0.39, 0.29) is 5.41 Å². The van der Waals surface area contributed by atoms with Crippen LogP contribution in [-0.2, 0) is 5.41 Å². The van der Waals surface area contributed by atoms with Crippen LogP contribution in [-0.4, -0.2) is 15.0 Å². The molecule has 10 aromatic rings. The average Bonchev–Trinajstić information content (AvgIpc) is 3.51. The molecule has 0 saturated heterocycles. The molecule has 268 valence electrons. The predicted molar refractivity (Wildman–Crippen MR) is 237 cm³/mol. The molecule has 3 nitrogen and oxygen atoms in total. The van der Waals surface area contributed by atoms with Crippen molar-refractivity contribution in [2.24, 2.45) is 0 Å². The van der Waals surface area contributed by atoms with Gasteiger partial charge in [0, 0.05) is 22.1 Å². The molecule has 57 heavy (non-hydrogen) atoms. The molecule has 0 aliphatic heterocycles. The maximum atomic E-state index is 4.95. The third-order valence-electron chi connectivity index (χ3n) is 11.9. The summed E-state index contributed by atoms with van der Waals surface area (Å²) in [5.41, 5.74) is 13.1. The molecule has 9 aromatic carbocycles. The minimum atomic E-state index is -0.0438. The van der Waals surface area contributed by atoms with Crippen LogP contribution in [0.1, 0.15) is 25.0 Å². The zero-order valence-electron chi connectivity index (χ0n) is 31.7. The Hall–Kier alpha value is -7.23. The van der Waals surface area contributed by atoms with Crippen LogP contribution >= 0.6 is 0 Å². The largest absolute Gasteiger partial charge is 0.208 e. The van der Waals surface area contributed by atoms with Crippen molar-refractivity contribution in [2.45, 2.75) is 19.3 Å². The molecule has 1 aliphatic rings. The van der Waals surface area contributed by atoms with Gasteiger partial charge in [0.1, 0.15) is 0 Å². The molecule has 0 bridgehead atoms. The highest BCUT2D eigenvalue weighted by Gasteiger charge is 2.35. The van der Waals surface area contributed by atoms with Crippen molar-refractivity contribution in [3.05, 3.63) is 199 Å². The smallest absolute Gasteiger partial charge is 0.164 e. The van der Waals surface area contributed by atoms with Crippen LogP contribution in [0.3, 0.4) is 0 Å². The fourth-order valence-electron chi connectivity index (χ4n) is 8.95. The summed E-state index contributed by atoms with van der Waals surface area (Å²) in [4.78, 5) is 14.8. The van der Waals surface area contributed by atoms with Gasteiger partial charge in [0.15, 0.2) is 17.5 Å². The van der Waals surface area contributed by atoms with Gasteiger partial charge in [0.25, 0.3) is 0 Å². The van der Waals surface area contributed by atoms with Crippen LogP contribution in [0.5, 0.6) is 0 Å². The number of aromatic nitrogens is 3. The molecule has 0 unspecified atom stereocenters. The molecule has 0 saturated carbocycles. The number of hydrogen-bond donors (Lipinski definition) is 0. The molecule has 1 heterocycles. The summed E-state index contributed by atoms with van der Waals surface area (Å²) < 4.78 is 0. The highest BCUT2D eigenvalue weighted by atomic mass is 15.0. The molecule has 0 radical (unpaired) electrons. The number of hydrogen-bond acceptors (Lipinski definition) is 3. The third-order valence-corrected chi connectivity index (χ3v) is 11.9. The Morgan fingerprint density at radius 3 is 1.28 bits per heavy atom. The number of rotatable bonds is 5. The van der Waals surface area contributed by atoms with Gasteiger partial charge in [0.2, 0.25) is 0 Å². The topological polar surface area (TPSA) is 38.7 Å². The number of benzene rings is 9. The molecular formula is C54H37N3. The van der Waals surface area contributed by atoms with Crippen molar-refractivity contribution in [3.63, 3.8) is 0 Å². The number of nitrogens with zero attached hydrogens (tertiary/aromatic N) is 3. The van der Waals surface area contributed by atoms with Crippen LogP contribution in [0.2, 0.25) is 0 Å². The molecule has 0 spiro atoms. The summed E-state index contributed by atoms with van der Waals surface area (Å²) >= 11 is 0. The monoisotopic (exact) mass is 727 g/mol. The van der Waals surface area contributed by atoms with Gasteiger partial charge >= 0.3 is 0 Å². The highest BCUT2D eigenvalue weighted by Crippen LogP contribution is 2.50. The van der Waals surface area contributed by atoms with Crippen molar-refractivity contribution in [3.8, 4) is 67.5 Å². The number of fused-ring (bicyclic) bond motifs is 9. The van der Waals surface area contributed by atoms with Crippen molar-refractivity contribution < 1.29 is 0 Å². The fourth-order valence-corrected chi connectivity index (χ4v) is 8.95. The first kappa shape index (κ1) is 33.1. The highest BCUT2D eigenvalue weighted by molar-refractivity contribution is 6.26. The molecule has 0 atom stereocenters. The van der Waals surface area contributed by atoms with E-state index in [1.807, 2.05) is 60.7 Å². The SMILES string of the molecule is CC1(C)c2ccccc2-c2ccc(-c3ccc4c5ccccc5c5cc(-c6ccc(-c7nc(-c8ccccc8)nc(-c8ccccc8)n7)cc6)ccc5c4c3)cc21. The Balaban J connectivity index is 0.997. The summed E-state index contributed by atoms with van der Waals surface area (Å²) in [5.74, 6) is 1.97. The Labute approximate surface area is 332 Å². The quantitative estimate of drug-likeness (QED) is 0.166. The fraction of sp³-hybridized carbons (Fsp3) is 0.0556. The van der Waals surface area contributed by atoms with E-state index < -0.39 is 0 Å². The lowest BCUT2D eigenvalue weighted by atomic mass is 9.81. The maximum Gasteiger partial charge on any atom is 0.164 e. The Morgan fingerprint density at radius 2 is 0.667 bits per heavy atom. The molecule has 1 aliphatic carbocycles. The van der Waals surface area contributed by atoms with E-state index >= 15 is 0 Å². The summed E-state index contributed by atoms with van der Waals surface area (Å²) in [6.07, 6.45) is 0. The van der Waals surface area contributed by atoms with E-state index in [0.29, 0.717) is 17.5 Å². The van der Waals surface area contributed by atoms with E-state index in [1.54, 1.807) is 0 Å². The van der Waals surface area contributed by atoms with Gasteiger partial charge in [-0.1, -0.05) is 184 Å². The summed E-state index contributed by atoms with van der Waals surface area (Å²) in [6, 6.07) is 67.5. The van der Waals surface area contributed by atoms with Gasteiger partial charge in [-0.2, -0.15) is 0 Å². The molecule has 0 N–H and O–H groups in total. The van der Waals surface area contributed by atoms with Gasteiger partial charge in [-0.3, -0.25) is 0 Å². The lowest BCUT2D eigenvalue weighted by Crippen LogP contribution is -2.14. The van der Waals surface area contributed by atoms with Crippen LogP contribution in [0.15, 0.2) is 188 Å². The van der Waals surface area contributed by atoms with Gasteiger partial charge in [-0.25, -0.2) is 15.0 Å². The van der Waals surface area contributed by atoms with E-state index in [9.17, 15) is 0 Å². The van der Waals surface area contributed by atoms with E-state index in [0.717, 1.165) is 22.3 Å². The van der Waals surface area contributed by atoms with Crippen LogP contribution in [0.4, 0.5) is 0 Å².